The molecule has 0 amide bonds. The third-order valence-electron chi connectivity index (χ3n) is 2.84. The van der Waals surface area contributed by atoms with Crippen molar-refractivity contribution in [2.45, 2.75) is 24.9 Å². The molecule has 0 aliphatic rings. The number of thiocarbonyl (C=S) groups is 1. The van der Waals surface area contributed by atoms with Crippen LogP contribution in [-0.2, 0) is 13.1 Å². The smallest absolute Gasteiger partial charge is 0.117 e. The molecular weight excluding hydrogens is 262 g/mol. The van der Waals surface area contributed by atoms with E-state index in [4.69, 9.17) is 16.6 Å². The van der Waals surface area contributed by atoms with Gasteiger partial charge in [-0.3, -0.25) is 0 Å². The molecule has 4 heteroatoms. The van der Waals surface area contributed by atoms with Gasteiger partial charge in [-0.25, -0.2) is 0 Å². The van der Waals surface area contributed by atoms with Gasteiger partial charge < -0.3 is 9.73 Å². The standard InChI is InChI=1S/C14H15NOS2/c1-10-12(5-11(9-17)6-14(10)18)7-15-8-13-3-2-4-16-13/h2-6,9,15,18H,7-8H2,1H3. The molecule has 0 unspecified atom stereocenters. The lowest BCUT2D eigenvalue weighted by molar-refractivity contribution is 0.482. The SMILES string of the molecule is Cc1c(S)cc(C=S)cc1CNCc1ccco1. The predicted octanol–water partition coefficient (Wildman–Crippen LogP) is 3.51. The van der Waals surface area contributed by atoms with E-state index in [-0.39, 0.29) is 0 Å². The summed E-state index contributed by atoms with van der Waals surface area (Å²) < 4.78 is 5.27. The Morgan fingerprint density at radius 2 is 2.22 bits per heavy atom. The molecule has 0 aliphatic carbocycles. The summed E-state index contributed by atoms with van der Waals surface area (Å²) >= 11 is 9.42. The molecule has 1 aromatic carbocycles. The van der Waals surface area contributed by atoms with Gasteiger partial charge in [-0.1, -0.05) is 12.2 Å². The highest BCUT2D eigenvalue weighted by Gasteiger charge is 2.04. The van der Waals surface area contributed by atoms with Gasteiger partial charge in [0.05, 0.1) is 12.8 Å². The number of hydrogen-bond acceptors (Lipinski definition) is 4. The summed E-state index contributed by atoms with van der Waals surface area (Å²) in [5.74, 6) is 0.935. The molecule has 0 bridgehead atoms. The van der Waals surface area contributed by atoms with Gasteiger partial charge in [0.15, 0.2) is 0 Å². The second-order valence-electron chi connectivity index (χ2n) is 4.12. The first-order valence-electron chi connectivity index (χ1n) is 5.71. The molecule has 0 aliphatic heterocycles. The van der Waals surface area contributed by atoms with Crippen LogP contribution in [0.1, 0.15) is 22.5 Å². The molecule has 2 rings (SSSR count). The van der Waals surface area contributed by atoms with Gasteiger partial charge in [0.25, 0.3) is 0 Å². The average Bonchev–Trinajstić information content (AvgIpc) is 2.87. The summed E-state index contributed by atoms with van der Waals surface area (Å²) in [5.41, 5.74) is 3.42. The molecule has 1 aromatic heterocycles. The van der Waals surface area contributed by atoms with Crippen molar-refractivity contribution in [1.29, 1.82) is 0 Å². The highest BCUT2D eigenvalue weighted by molar-refractivity contribution is 7.80. The zero-order chi connectivity index (χ0) is 13.0. The van der Waals surface area contributed by atoms with Crippen LogP contribution in [0.25, 0.3) is 0 Å². The summed E-state index contributed by atoms with van der Waals surface area (Å²) in [7, 11) is 0. The molecule has 2 nitrogen and oxygen atoms in total. The number of rotatable bonds is 5. The molecule has 0 radical (unpaired) electrons. The third kappa shape index (κ3) is 3.22. The van der Waals surface area contributed by atoms with Crippen molar-refractivity contribution in [2.24, 2.45) is 0 Å². The molecule has 18 heavy (non-hydrogen) atoms. The van der Waals surface area contributed by atoms with Crippen LogP contribution in [-0.4, -0.2) is 5.37 Å². The van der Waals surface area contributed by atoms with E-state index in [1.807, 2.05) is 18.2 Å². The molecule has 0 fully saturated rings. The van der Waals surface area contributed by atoms with Crippen LogP contribution in [0.4, 0.5) is 0 Å². The second-order valence-corrected chi connectivity index (χ2v) is 4.84. The monoisotopic (exact) mass is 277 g/mol. The van der Waals surface area contributed by atoms with E-state index in [1.54, 1.807) is 11.6 Å². The van der Waals surface area contributed by atoms with Crippen LogP contribution in [0.5, 0.6) is 0 Å². The first-order chi connectivity index (χ1) is 8.70. The average molecular weight is 277 g/mol. The Morgan fingerprint density at radius 3 is 2.89 bits per heavy atom. The van der Waals surface area contributed by atoms with E-state index in [0.29, 0.717) is 0 Å². The molecule has 0 atom stereocenters. The van der Waals surface area contributed by atoms with Crippen molar-refractivity contribution in [1.82, 2.24) is 5.32 Å². The van der Waals surface area contributed by atoms with E-state index in [9.17, 15) is 0 Å². The summed E-state index contributed by atoms with van der Waals surface area (Å²) in [6, 6.07) is 7.93. The Bertz CT molecular complexity index is 535. The maximum atomic E-state index is 5.27. The lowest BCUT2D eigenvalue weighted by atomic mass is 10.1. The molecule has 94 valence electrons. The topological polar surface area (TPSA) is 25.2 Å². The number of benzene rings is 1. The zero-order valence-corrected chi connectivity index (χ0v) is 11.9. The maximum absolute atomic E-state index is 5.27. The summed E-state index contributed by atoms with van der Waals surface area (Å²) in [4.78, 5) is 0.975. The highest BCUT2D eigenvalue weighted by atomic mass is 32.1. The van der Waals surface area contributed by atoms with E-state index in [1.165, 1.54) is 11.1 Å². The Labute approximate surface area is 118 Å². The van der Waals surface area contributed by atoms with Crippen LogP contribution in [0.2, 0.25) is 0 Å². The minimum atomic E-state index is 0.718. The van der Waals surface area contributed by atoms with Crippen molar-refractivity contribution < 1.29 is 4.42 Å². The first kappa shape index (κ1) is 13.3. The molecule has 0 saturated carbocycles. The van der Waals surface area contributed by atoms with Gasteiger partial charge in [0.2, 0.25) is 0 Å². The molecular formula is C14H15NOS2. The van der Waals surface area contributed by atoms with Crippen LogP contribution in [0.15, 0.2) is 39.8 Å². The van der Waals surface area contributed by atoms with E-state index >= 15 is 0 Å². The van der Waals surface area contributed by atoms with Crippen molar-refractivity contribution in [3.63, 3.8) is 0 Å². The van der Waals surface area contributed by atoms with Crippen LogP contribution in [0, 0.1) is 6.92 Å². The Hall–Kier alpha value is -1.10. The van der Waals surface area contributed by atoms with Crippen LogP contribution < -0.4 is 5.32 Å². The maximum Gasteiger partial charge on any atom is 0.117 e. The van der Waals surface area contributed by atoms with Gasteiger partial charge in [0.1, 0.15) is 5.76 Å². The largest absolute Gasteiger partial charge is 0.468 e. The van der Waals surface area contributed by atoms with Crippen molar-refractivity contribution in [2.75, 3.05) is 0 Å². The molecule has 1 N–H and O–H groups in total. The third-order valence-corrected chi connectivity index (χ3v) is 3.58. The van der Waals surface area contributed by atoms with Gasteiger partial charge in [-0.15, -0.1) is 12.6 Å². The fourth-order valence-corrected chi connectivity index (χ4v) is 2.20. The molecule has 0 saturated heterocycles. The van der Waals surface area contributed by atoms with Crippen LogP contribution >= 0.6 is 24.8 Å². The van der Waals surface area contributed by atoms with Gasteiger partial charge >= 0.3 is 0 Å². The second kappa shape index (κ2) is 6.18. The summed E-state index contributed by atoms with van der Waals surface area (Å²) in [5, 5.41) is 5.02. The fraction of sp³-hybridized carbons (Fsp3) is 0.214. The van der Waals surface area contributed by atoms with Crippen molar-refractivity contribution in [3.8, 4) is 0 Å². The number of hydrogen-bond donors (Lipinski definition) is 2. The normalized spacial score (nSPS) is 10.6. The predicted molar refractivity (Wildman–Crippen MR) is 80.4 cm³/mol. The first-order valence-corrected chi connectivity index (χ1v) is 6.63. The number of thiol groups is 1. The minimum absolute atomic E-state index is 0.718. The van der Waals surface area contributed by atoms with Crippen LogP contribution in [0.3, 0.4) is 0 Å². The molecule has 1 heterocycles. The van der Waals surface area contributed by atoms with Crippen molar-refractivity contribution >= 4 is 30.2 Å². The fourth-order valence-electron chi connectivity index (χ4n) is 1.77. The molecule has 0 spiro atoms. The van der Waals surface area contributed by atoms with Gasteiger partial charge in [0, 0.05) is 16.8 Å². The quantitative estimate of drug-likeness (QED) is 0.646. The highest BCUT2D eigenvalue weighted by Crippen LogP contribution is 2.19. The molecule has 2 aromatic rings. The van der Waals surface area contributed by atoms with E-state index in [2.05, 4.69) is 30.9 Å². The Morgan fingerprint density at radius 1 is 1.39 bits per heavy atom. The van der Waals surface area contributed by atoms with E-state index < -0.39 is 0 Å². The number of nitrogens with one attached hydrogen (secondary N) is 1. The Kier molecular flexibility index (Phi) is 4.58. The lowest BCUT2D eigenvalue weighted by Crippen LogP contribution is -2.13. The zero-order valence-electron chi connectivity index (χ0n) is 10.1. The number of furan rings is 1. The lowest BCUT2D eigenvalue weighted by Gasteiger charge is -2.10. The minimum Gasteiger partial charge on any atom is -0.468 e. The van der Waals surface area contributed by atoms with E-state index in [0.717, 1.165) is 29.3 Å². The van der Waals surface area contributed by atoms with Crippen molar-refractivity contribution in [3.05, 3.63) is 53.0 Å². The van der Waals surface area contributed by atoms with Gasteiger partial charge in [-0.2, -0.15) is 0 Å². The summed E-state index contributed by atoms with van der Waals surface area (Å²) in [6.07, 6.45) is 1.68. The van der Waals surface area contributed by atoms with Gasteiger partial charge in [-0.05, 0) is 47.9 Å². The summed E-state index contributed by atoms with van der Waals surface area (Å²) in [6.45, 7) is 3.56. The Balaban J connectivity index is 2.04.